The number of imidazole rings is 1. The molecule has 0 spiro atoms. The van der Waals surface area contributed by atoms with E-state index in [0.29, 0.717) is 41.7 Å². The van der Waals surface area contributed by atoms with E-state index < -0.39 is 10.0 Å². The monoisotopic (exact) mass is 464 g/mol. The van der Waals surface area contributed by atoms with Crippen molar-refractivity contribution in [1.29, 1.82) is 0 Å². The quantitative estimate of drug-likeness (QED) is 0.623. The summed E-state index contributed by atoms with van der Waals surface area (Å²) >= 11 is 3.34. The van der Waals surface area contributed by atoms with Gasteiger partial charge in [0.15, 0.2) is 0 Å². The molecule has 4 rings (SSSR count). The van der Waals surface area contributed by atoms with Crippen LogP contribution in [0, 0.1) is 13.8 Å². The van der Waals surface area contributed by atoms with Gasteiger partial charge in [-0.3, -0.25) is 0 Å². The van der Waals surface area contributed by atoms with Gasteiger partial charge in [-0.1, -0.05) is 12.1 Å². The molecule has 148 valence electrons. The lowest BCUT2D eigenvalue weighted by Gasteiger charge is -2.36. The van der Waals surface area contributed by atoms with Crippen molar-refractivity contribution < 1.29 is 8.42 Å². The third-order valence-electron chi connectivity index (χ3n) is 5.34. The van der Waals surface area contributed by atoms with Crippen LogP contribution in [0.4, 0.5) is 5.69 Å². The minimum Gasteiger partial charge on any atom is -0.369 e. The number of anilines is 1. The van der Waals surface area contributed by atoms with Crippen molar-refractivity contribution in [2.24, 2.45) is 0 Å². The fourth-order valence-corrected chi connectivity index (χ4v) is 6.07. The zero-order valence-electron chi connectivity index (χ0n) is 15.6. The first-order chi connectivity index (χ1) is 13.3. The predicted molar refractivity (Wildman–Crippen MR) is 114 cm³/mol. The number of aryl methyl sites for hydroxylation is 1. The normalized spacial score (nSPS) is 16.0. The fraction of sp³-hybridized carbons (Fsp3) is 0.316. The number of nitrogens with zero attached hydrogens (tertiary/aromatic N) is 2. The maximum Gasteiger partial charge on any atom is 0.323 e. The van der Waals surface area contributed by atoms with Crippen molar-refractivity contribution in [2.75, 3.05) is 31.1 Å². The Morgan fingerprint density at radius 3 is 2.32 bits per heavy atom. The van der Waals surface area contributed by atoms with Gasteiger partial charge in [-0.05, 0) is 59.1 Å². The Morgan fingerprint density at radius 1 is 1.00 bits per heavy atom. The maximum atomic E-state index is 13.2. The zero-order valence-corrected chi connectivity index (χ0v) is 18.0. The summed E-state index contributed by atoms with van der Waals surface area (Å²) in [7, 11) is -3.67. The molecule has 3 aromatic rings. The highest BCUT2D eigenvalue weighted by molar-refractivity contribution is 9.10. The van der Waals surface area contributed by atoms with Crippen LogP contribution in [0.5, 0.6) is 0 Å². The first kappa shape index (κ1) is 19.2. The third kappa shape index (κ3) is 3.27. The van der Waals surface area contributed by atoms with Crippen molar-refractivity contribution in [1.82, 2.24) is 14.3 Å². The summed E-state index contributed by atoms with van der Waals surface area (Å²) in [6, 6.07) is 9.32. The van der Waals surface area contributed by atoms with E-state index in [-0.39, 0.29) is 10.6 Å². The van der Waals surface area contributed by atoms with Crippen LogP contribution in [-0.2, 0) is 10.0 Å². The average Bonchev–Trinajstić information content (AvgIpc) is 3.02. The average molecular weight is 465 g/mol. The molecule has 0 saturated carbocycles. The van der Waals surface area contributed by atoms with Crippen LogP contribution in [-0.4, -0.2) is 48.9 Å². The topological polar surface area (TPSA) is 89.3 Å². The first-order valence-corrected chi connectivity index (χ1v) is 11.2. The fourth-order valence-electron chi connectivity index (χ4n) is 3.62. The van der Waals surface area contributed by atoms with Crippen LogP contribution in [0.2, 0.25) is 0 Å². The molecule has 1 aliphatic rings. The van der Waals surface area contributed by atoms with Crippen LogP contribution >= 0.6 is 15.9 Å². The van der Waals surface area contributed by atoms with Crippen LogP contribution in [0.3, 0.4) is 0 Å². The Morgan fingerprint density at radius 2 is 1.64 bits per heavy atom. The number of sulfonamides is 1. The number of aromatic nitrogens is 2. The number of nitrogens with one attached hydrogen (secondary N) is 2. The largest absolute Gasteiger partial charge is 0.369 e. The van der Waals surface area contributed by atoms with E-state index in [0.717, 1.165) is 5.69 Å². The minimum atomic E-state index is -3.67. The van der Waals surface area contributed by atoms with E-state index in [1.54, 1.807) is 6.07 Å². The lowest BCUT2D eigenvalue weighted by Crippen LogP contribution is -2.49. The number of benzene rings is 2. The number of hydrogen-bond donors (Lipinski definition) is 2. The number of piperazine rings is 1. The summed E-state index contributed by atoms with van der Waals surface area (Å²) in [6.45, 7) is 6.25. The number of aromatic amines is 2. The van der Waals surface area contributed by atoms with Crippen molar-refractivity contribution >= 4 is 42.7 Å². The Labute approximate surface area is 171 Å². The molecule has 0 aliphatic carbocycles. The van der Waals surface area contributed by atoms with Gasteiger partial charge < -0.3 is 14.9 Å². The SMILES string of the molecule is Cc1cccc(N2CCN(S(=O)(=O)c3cc4[nH]c(=O)[nH]c4cc3Br)CC2)c1C. The van der Waals surface area contributed by atoms with Gasteiger partial charge in [0.2, 0.25) is 10.0 Å². The Bertz CT molecular complexity index is 1210. The van der Waals surface area contributed by atoms with Crippen molar-refractivity contribution in [3.8, 4) is 0 Å². The molecule has 2 N–H and O–H groups in total. The molecule has 0 amide bonds. The second-order valence-corrected chi connectivity index (χ2v) is 9.78. The number of halogens is 1. The van der Waals surface area contributed by atoms with Gasteiger partial charge in [0.1, 0.15) is 0 Å². The van der Waals surface area contributed by atoms with E-state index in [4.69, 9.17) is 0 Å². The molecule has 2 aromatic carbocycles. The summed E-state index contributed by atoms with van der Waals surface area (Å²) in [6.07, 6.45) is 0. The van der Waals surface area contributed by atoms with Gasteiger partial charge in [0.05, 0.1) is 15.9 Å². The molecule has 2 heterocycles. The lowest BCUT2D eigenvalue weighted by atomic mass is 10.1. The summed E-state index contributed by atoms with van der Waals surface area (Å²) in [5.41, 5.74) is 4.29. The molecule has 1 aliphatic heterocycles. The predicted octanol–water partition coefficient (Wildman–Crippen LogP) is 2.75. The van der Waals surface area contributed by atoms with Gasteiger partial charge >= 0.3 is 5.69 Å². The molecular weight excluding hydrogens is 444 g/mol. The van der Waals surface area contributed by atoms with E-state index in [1.807, 2.05) is 6.07 Å². The Kier molecular flexibility index (Phi) is 4.84. The molecule has 7 nitrogen and oxygen atoms in total. The maximum absolute atomic E-state index is 13.2. The zero-order chi connectivity index (χ0) is 20.1. The van der Waals surface area contributed by atoms with E-state index in [9.17, 15) is 13.2 Å². The van der Waals surface area contributed by atoms with Gasteiger partial charge in [-0.25, -0.2) is 13.2 Å². The van der Waals surface area contributed by atoms with Gasteiger partial charge in [0.25, 0.3) is 0 Å². The minimum absolute atomic E-state index is 0.162. The number of H-pyrrole nitrogens is 2. The molecule has 1 saturated heterocycles. The van der Waals surface area contributed by atoms with Crippen LogP contribution in [0.15, 0.2) is 44.5 Å². The number of rotatable bonds is 3. The highest BCUT2D eigenvalue weighted by Crippen LogP contribution is 2.30. The second-order valence-electron chi connectivity index (χ2n) is 7.02. The third-order valence-corrected chi connectivity index (χ3v) is 8.20. The van der Waals surface area contributed by atoms with E-state index >= 15 is 0 Å². The van der Waals surface area contributed by atoms with Gasteiger partial charge in [0, 0.05) is 36.3 Å². The van der Waals surface area contributed by atoms with Crippen LogP contribution in [0.25, 0.3) is 11.0 Å². The first-order valence-electron chi connectivity index (χ1n) is 9.00. The van der Waals surface area contributed by atoms with Gasteiger partial charge in [-0.2, -0.15) is 4.31 Å². The summed E-state index contributed by atoms with van der Waals surface area (Å²) in [4.78, 5) is 19.1. The molecule has 28 heavy (non-hydrogen) atoms. The van der Waals surface area contributed by atoms with Gasteiger partial charge in [-0.15, -0.1) is 0 Å². The summed E-state index contributed by atoms with van der Waals surface area (Å²) < 4.78 is 28.3. The van der Waals surface area contributed by atoms with E-state index in [2.05, 4.69) is 56.8 Å². The molecule has 0 unspecified atom stereocenters. The van der Waals surface area contributed by atoms with Crippen LogP contribution < -0.4 is 10.6 Å². The van der Waals surface area contributed by atoms with Crippen molar-refractivity contribution in [3.63, 3.8) is 0 Å². The Hall–Kier alpha value is -2.10. The molecule has 0 atom stereocenters. The summed E-state index contributed by atoms with van der Waals surface area (Å²) in [5.74, 6) is 0. The molecule has 0 radical (unpaired) electrons. The standard InChI is InChI=1S/C19H21BrN4O3S/c1-12-4-3-5-17(13(12)2)23-6-8-24(9-7-23)28(26,27)18-11-16-15(10-14(18)20)21-19(25)22-16/h3-5,10-11H,6-9H2,1-2H3,(H2,21,22,25). The highest BCUT2D eigenvalue weighted by atomic mass is 79.9. The van der Waals surface area contributed by atoms with Crippen molar-refractivity contribution in [2.45, 2.75) is 18.7 Å². The molecule has 9 heteroatoms. The molecule has 1 fully saturated rings. The van der Waals surface area contributed by atoms with Crippen molar-refractivity contribution in [3.05, 3.63) is 56.4 Å². The summed E-state index contributed by atoms with van der Waals surface area (Å²) in [5, 5.41) is 0. The highest BCUT2D eigenvalue weighted by Gasteiger charge is 2.31. The van der Waals surface area contributed by atoms with E-state index in [1.165, 1.54) is 21.5 Å². The second kappa shape index (κ2) is 7.06. The molecule has 1 aromatic heterocycles. The number of fused-ring (bicyclic) bond motifs is 1. The molecular formula is C19H21BrN4O3S. The number of hydrogen-bond acceptors (Lipinski definition) is 4. The smallest absolute Gasteiger partial charge is 0.323 e. The lowest BCUT2D eigenvalue weighted by molar-refractivity contribution is 0.384. The van der Waals surface area contributed by atoms with Crippen LogP contribution in [0.1, 0.15) is 11.1 Å². The molecule has 0 bridgehead atoms. The Balaban J connectivity index is 1.59.